The molecule has 0 aliphatic carbocycles. The Bertz CT molecular complexity index is 2270. The maximum atomic E-state index is 5.31. The molecule has 5 nitrogen and oxygen atoms in total. The predicted octanol–water partition coefficient (Wildman–Crippen LogP) is 8.24. The van der Waals surface area contributed by atoms with Crippen LogP contribution in [0.1, 0.15) is 25.1 Å². The third-order valence-electron chi connectivity index (χ3n) is 8.13. The Morgan fingerprint density at radius 3 is 2.30 bits per heavy atom. The first-order chi connectivity index (χ1) is 20.6. The fourth-order valence-corrected chi connectivity index (χ4v) is 5.79. The van der Waals surface area contributed by atoms with Gasteiger partial charge in [0.15, 0.2) is 0 Å². The van der Waals surface area contributed by atoms with Crippen LogP contribution < -0.4 is 0 Å². The van der Waals surface area contributed by atoms with E-state index in [9.17, 15) is 0 Å². The van der Waals surface area contributed by atoms with Gasteiger partial charge < -0.3 is 4.40 Å². The average Bonchev–Trinajstić information content (AvgIpc) is 3.45. The number of aromatic nitrogens is 5. The zero-order chi connectivity index (χ0) is 28.3. The minimum atomic E-state index is -0.422. The Labute approximate surface area is 263 Å². The summed E-state index contributed by atoms with van der Waals surface area (Å²) in [5.41, 5.74) is 10.0. The smallest absolute Gasteiger partial charge is 0.307 e. The molecule has 0 amide bonds. The summed E-state index contributed by atoms with van der Waals surface area (Å²) in [4.78, 5) is 10.3. The van der Waals surface area contributed by atoms with Crippen LogP contribution >= 0.6 is 0 Å². The van der Waals surface area contributed by atoms with E-state index in [0.717, 1.165) is 72.3 Å². The first-order valence-electron chi connectivity index (χ1n) is 14.0. The molecule has 0 unspecified atom stereocenters. The summed E-state index contributed by atoms with van der Waals surface area (Å²) in [6.45, 7) is 4.38. The molecule has 0 aliphatic heterocycles. The van der Waals surface area contributed by atoms with E-state index < -0.39 is 5.41 Å². The Kier molecular flexibility index (Phi) is 6.63. The second-order valence-electron chi connectivity index (χ2n) is 11.1. The number of rotatable bonds is 4. The fraction of sp³-hybridized carbons (Fsp3) is 0.0811. The normalized spacial score (nSPS) is 11.8. The molecular weight excluding hydrogens is 710 g/mol. The molecule has 0 aliphatic rings. The van der Waals surface area contributed by atoms with Gasteiger partial charge in [0.2, 0.25) is 0 Å². The van der Waals surface area contributed by atoms with Gasteiger partial charge >= 0.3 is 21.1 Å². The Morgan fingerprint density at radius 1 is 0.674 bits per heavy atom. The van der Waals surface area contributed by atoms with Crippen molar-refractivity contribution in [3.63, 3.8) is 0 Å². The van der Waals surface area contributed by atoms with Crippen molar-refractivity contribution in [3.05, 3.63) is 139 Å². The predicted molar refractivity (Wildman–Crippen MR) is 168 cm³/mol. The van der Waals surface area contributed by atoms with Crippen molar-refractivity contribution in [2.24, 2.45) is 0 Å². The van der Waals surface area contributed by atoms with Gasteiger partial charge in [-0.3, -0.25) is 4.98 Å². The van der Waals surface area contributed by atoms with Crippen LogP contribution in [0.4, 0.5) is 0 Å². The van der Waals surface area contributed by atoms with Crippen LogP contribution in [0.15, 0.2) is 115 Å². The minimum Gasteiger partial charge on any atom is -0.307 e. The van der Waals surface area contributed by atoms with Crippen LogP contribution in [0, 0.1) is 12.1 Å². The number of para-hydroxylation sites is 2. The molecule has 0 bridgehead atoms. The molecular formula is C37H25N5Pt. The summed E-state index contributed by atoms with van der Waals surface area (Å²) < 4.78 is 2.22. The van der Waals surface area contributed by atoms with E-state index in [4.69, 9.17) is 9.97 Å². The summed E-state index contributed by atoms with van der Waals surface area (Å²) in [6, 6.07) is 46.0. The van der Waals surface area contributed by atoms with Crippen LogP contribution in [-0.4, -0.2) is 24.6 Å². The van der Waals surface area contributed by atoms with Crippen LogP contribution in [-0.2, 0) is 26.5 Å². The second-order valence-corrected chi connectivity index (χ2v) is 11.1. The Morgan fingerprint density at radius 2 is 1.47 bits per heavy atom. The van der Waals surface area contributed by atoms with Crippen molar-refractivity contribution in [2.75, 3.05) is 0 Å². The zero-order valence-corrected chi connectivity index (χ0v) is 25.8. The molecule has 0 saturated carbocycles. The standard InChI is InChI=1S/C37H25N5.Pt/c1-37(2,26-14-10-13-25(23-26)30-20-19-29(40-41-30)24-11-4-3-5-12-24)34-22-21-33-35(39-34)27-15-6-7-16-28(27)36-38-31-17-8-9-18-32(31)42(33)36;/h3-14,16-22H,1-2H3;/q-2;+2. The van der Waals surface area contributed by atoms with E-state index in [0.29, 0.717) is 0 Å². The molecule has 0 saturated heterocycles. The topological polar surface area (TPSA) is 56.0 Å². The van der Waals surface area contributed by atoms with Crippen molar-refractivity contribution in [1.82, 2.24) is 24.6 Å². The minimum absolute atomic E-state index is 0. The van der Waals surface area contributed by atoms with Gasteiger partial charge in [-0.1, -0.05) is 67.8 Å². The third-order valence-corrected chi connectivity index (χ3v) is 8.13. The van der Waals surface area contributed by atoms with E-state index in [1.54, 1.807) is 0 Å². The van der Waals surface area contributed by atoms with E-state index in [1.807, 2.05) is 66.7 Å². The van der Waals surface area contributed by atoms with Crippen LogP contribution in [0.5, 0.6) is 0 Å². The Balaban J connectivity index is 0.00000300. The molecule has 8 aromatic rings. The van der Waals surface area contributed by atoms with Crippen molar-refractivity contribution in [3.8, 4) is 22.5 Å². The molecule has 0 N–H and O–H groups in total. The summed E-state index contributed by atoms with van der Waals surface area (Å²) in [7, 11) is 0. The van der Waals surface area contributed by atoms with Crippen molar-refractivity contribution in [1.29, 1.82) is 0 Å². The van der Waals surface area contributed by atoms with Crippen LogP contribution in [0.25, 0.3) is 61.0 Å². The van der Waals surface area contributed by atoms with E-state index in [1.165, 1.54) is 0 Å². The monoisotopic (exact) mass is 734 g/mol. The largest absolute Gasteiger partial charge is 2.00 e. The second kappa shape index (κ2) is 10.5. The molecule has 4 aromatic heterocycles. The molecule has 6 heteroatoms. The molecule has 0 spiro atoms. The first kappa shape index (κ1) is 27.1. The van der Waals surface area contributed by atoms with Crippen molar-refractivity contribution >= 4 is 38.5 Å². The van der Waals surface area contributed by atoms with Gasteiger partial charge in [0, 0.05) is 33.4 Å². The maximum Gasteiger partial charge on any atom is 2.00 e. The summed E-state index contributed by atoms with van der Waals surface area (Å²) in [5.74, 6) is 0. The third kappa shape index (κ3) is 4.43. The van der Waals surface area contributed by atoms with Gasteiger partial charge in [-0.2, -0.15) is 5.10 Å². The number of imidazole rings is 1. The number of hydrogen-bond acceptors (Lipinski definition) is 4. The average molecular weight is 735 g/mol. The zero-order valence-electron chi connectivity index (χ0n) is 23.5. The number of nitrogens with zero attached hydrogens (tertiary/aromatic N) is 5. The number of pyridine rings is 2. The Hall–Kier alpha value is -4.73. The summed E-state index contributed by atoms with van der Waals surface area (Å²) in [6.07, 6.45) is 0. The molecule has 0 fully saturated rings. The van der Waals surface area contributed by atoms with Gasteiger partial charge in [0.25, 0.3) is 0 Å². The SMILES string of the molecule is CC(C)(c1[c-]c(-c2ccc(-c3ccccc3)nn2)ccc1)c1ccc2c(n1)c1[c-]cccc1c1nc3ccccc3n21.[Pt+2]. The quantitative estimate of drug-likeness (QED) is 0.135. The van der Waals surface area contributed by atoms with Gasteiger partial charge in [0.1, 0.15) is 5.65 Å². The molecule has 4 heterocycles. The first-order valence-corrected chi connectivity index (χ1v) is 14.0. The van der Waals surface area contributed by atoms with E-state index in [2.05, 4.69) is 89.1 Å². The van der Waals surface area contributed by atoms with Crippen molar-refractivity contribution in [2.45, 2.75) is 19.3 Å². The van der Waals surface area contributed by atoms with Crippen LogP contribution in [0.3, 0.4) is 0 Å². The van der Waals surface area contributed by atoms with Gasteiger partial charge in [-0.25, -0.2) is 10.1 Å². The summed E-state index contributed by atoms with van der Waals surface area (Å²) in [5, 5.41) is 11.0. The number of fused-ring (bicyclic) bond motifs is 8. The summed E-state index contributed by atoms with van der Waals surface area (Å²) >= 11 is 0. The number of hydrogen-bond donors (Lipinski definition) is 0. The molecule has 0 atom stereocenters. The van der Waals surface area contributed by atoms with Crippen LogP contribution in [0.2, 0.25) is 0 Å². The molecule has 208 valence electrons. The number of benzene rings is 4. The van der Waals surface area contributed by atoms with E-state index in [-0.39, 0.29) is 21.1 Å². The fourth-order valence-electron chi connectivity index (χ4n) is 5.79. The van der Waals surface area contributed by atoms with Gasteiger partial charge in [0.05, 0.1) is 16.7 Å². The molecule has 43 heavy (non-hydrogen) atoms. The van der Waals surface area contributed by atoms with Crippen molar-refractivity contribution < 1.29 is 21.1 Å². The van der Waals surface area contributed by atoms with Gasteiger partial charge in [-0.05, 0) is 30.3 Å². The molecule has 8 rings (SSSR count). The van der Waals surface area contributed by atoms with E-state index >= 15 is 0 Å². The maximum absolute atomic E-state index is 5.31. The molecule has 0 radical (unpaired) electrons. The van der Waals surface area contributed by atoms with Gasteiger partial charge in [-0.15, -0.1) is 65.0 Å². The molecule has 4 aromatic carbocycles.